The van der Waals surface area contributed by atoms with Crippen LogP contribution in [0.2, 0.25) is 0 Å². The first-order valence-electron chi connectivity index (χ1n) is 7.71. The van der Waals surface area contributed by atoms with Crippen molar-refractivity contribution in [2.45, 2.75) is 53.5 Å². The van der Waals surface area contributed by atoms with Crippen molar-refractivity contribution in [2.24, 2.45) is 0 Å². The largest absolute Gasteiger partial charge is 0.370 e. The standard InChI is InChI=1S/C16H25N5/c1-6-8-21-10-17-9-13(21)15-19-12(5)14(11(3)4)16(20-15)18-7-2/h9-11H,6-8H2,1-5H3,(H,18,19,20). The molecule has 0 aliphatic heterocycles. The molecule has 2 aromatic rings. The molecule has 0 spiro atoms. The number of hydrogen-bond acceptors (Lipinski definition) is 4. The quantitative estimate of drug-likeness (QED) is 0.881. The van der Waals surface area contributed by atoms with E-state index in [0.29, 0.717) is 5.92 Å². The van der Waals surface area contributed by atoms with E-state index in [-0.39, 0.29) is 0 Å². The molecule has 2 aromatic heterocycles. The van der Waals surface area contributed by atoms with Gasteiger partial charge in [-0.25, -0.2) is 15.0 Å². The van der Waals surface area contributed by atoms with Crippen LogP contribution in [0.15, 0.2) is 12.5 Å². The summed E-state index contributed by atoms with van der Waals surface area (Å²) in [7, 11) is 0. The molecule has 5 nitrogen and oxygen atoms in total. The molecule has 5 heteroatoms. The van der Waals surface area contributed by atoms with Crippen molar-refractivity contribution in [3.63, 3.8) is 0 Å². The maximum absolute atomic E-state index is 4.75. The maximum Gasteiger partial charge on any atom is 0.180 e. The first kappa shape index (κ1) is 15.5. The lowest BCUT2D eigenvalue weighted by Gasteiger charge is -2.17. The molecule has 0 aliphatic rings. The number of imidazole rings is 1. The Hall–Kier alpha value is -1.91. The van der Waals surface area contributed by atoms with E-state index in [1.165, 1.54) is 5.56 Å². The predicted molar refractivity (Wildman–Crippen MR) is 86.5 cm³/mol. The van der Waals surface area contributed by atoms with Gasteiger partial charge in [-0.2, -0.15) is 0 Å². The fourth-order valence-corrected chi connectivity index (χ4v) is 2.62. The summed E-state index contributed by atoms with van der Waals surface area (Å²) in [5, 5.41) is 3.37. The summed E-state index contributed by atoms with van der Waals surface area (Å²) in [6, 6.07) is 0. The lowest BCUT2D eigenvalue weighted by atomic mass is 10.0. The Morgan fingerprint density at radius 1 is 1.24 bits per heavy atom. The molecule has 0 aliphatic carbocycles. The van der Waals surface area contributed by atoms with Crippen molar-refractivity contribution < 1.29 is 0 Å². The highest BCUT2D eigenvalue weighted by atomic mass is 15.1. The second-order valence-electron chi connectivity index (χ2n) is 5.55. The number of aromatic nitrogens is 4. The van der Waals surface area contributed by atoms with Crippen LogP contribution in [-0.2, 0) is 6.54 Å². The van der Waals surface area contributed by atoms with Crippen LogP contribution < -0.4 is 5.32 Å². The Morgan fingerprint density at radius 3 is 2.62 bits per heavy atom. The molecule has 0 bridgehead atoms. The highest BCUT2D eigenvalue weighted by Crippen LogP contribution is 2.28. The van der Waals surface area contributed by atoms with E-state index < -0.39 is 0 Å². The van der Waals surface area contributed by atoms with Crippen molar-refractivity contribution in [3.05, 3.63) is 23.8 Å². The Bertz CT molecular complexity index is 601. The van der Waals surface area contributed by atoms with Gasteiger partial charge in [-0.05, 0) is 26.2 Å². The third-order valence-corrected chi connectivity index (χ3v) is 3.46. The van der Waals surface area contributed by atoms with E-state index in [9.17, 15) is 0 Å². The van der Waals surface area contributed by atoms with Crippen LogP contribution in [0.3, 0.4) is 0 Å². The predicted octanol–water partition coefficient (Wildman–Crippen LogP) is 3.61. The number of nitrogens with one attached hydrogen (secondary N) is 1. The fourth-order valence-electron chi connectivity index (χ4n) is 2.62. The molecule has 0 saturated carbocycles. The van der Waals surface area contributed by atoms with Gasteiger partial charge in [0.2, 0.25) is 0 Å². The first-order chi connectivity index (χ1) is 10.1. The van der Waals surface area contributed by atoms with E-state index in [0.717, 1.165) is 42.5 Å². The minimum absolute atomic E-state index is 0.397. The Morgan fingerprint density at radius 2 is 2.00 bits per heavy atom. The monoisotopic (exact) mass is 287 g/mol. The van der Waals surface area contributed by atoms with Crippen LogP contribution >= 0.6 is 0 Å². The van der Waals surface area contributed by atoms with Crippen molar-refractivity contribution in [1.29, 1.82) is 0 Å². The lowest BCUT2D eigenvalue weighted by molar-refractivity contribution is 0.680. The average Bonchev–Trinajstić information content (AvgIpc) is 2.86. The van der Waals surface area contributed by atoms with Crippen LogP contribution in [0, 0.1) is 6.92 Å². The molecule has 114 valence electrons. The number of anilines is 1. The van der Waals surface area contributed by atoms with Crippen molar-refractivity contribution in [2.75, 3.05) is 11.9 Å². The summed E-state index contributed by atoms with van der Waals surface area (Å²) < 4.78 is 2.11. The summed E-state index contributed by atoms with van der Waals surface area (Å²) >= 11 is 0. The topological polar surface area (TPSA) is 55.6 Å². The normalized spacial score (nSPS) is 11.1. The van der Waals surface area contributed by atoms with E-state index in [2.05, 4.69) is 49.5 Å². The molecule has 0 aromatic carbocycles. The summed E-state index contributed by atoms with van der Waals surface area (Å²) in [4.78, 5) is 13.7. The average molecular weight is 287 g/mol. The summed E-state index contributed by atoms with van der Waals surface area (Å²) in [5.41, 5.74) is 3.21. The summed E-state index contributed by atoms with van der Waals surface area (Å²) in [6.45, 7) is 12.4. The van der Waals surface area contributed by atoms with Crippen LogP contribution in [0.25, 0.3) is 11.5 Å². The zero-order valence-corrected chi connectivity index (χ0v) is 13.6. The van der Waals surface area contributed by atoms with Gasteiger partial charge in [0, 0.05) is 24.3 Å². The molecule has 0 unspecified atom stereocenters. The van der Waals surface area contributed by atoms with Crippen LogP contribution in [0.4, 0.5) is 5.82 Å². The highest BCUT2D eigenvalue weighted by molar-refractivity contribution is 5.57. The number of nitrogens with zero attached hydrogens (tertiary/aromatic N) is 4. The van der Waals surface area contributed by atoms with Gasteiger partial charge in [0.05, 0.1) is 12.5 Å². The van der Waals surface area contributed by atoms with Crippen molar-refractivity contribution in [3.8, 4) is 11.5 Å². The molecule has 0 radical (unpaired) electrons. The molecular formula is C16H25N5. The number of rotatable bonds is 6. The second kappa shape index (κ2) is 6.70. The molecular weight excluding hydrogens is 262 g/mol. The highest BCUT2D eigenvalue weighted by Gasteiger charge is 2.16. The number of hydrogen-bond donors (Lipinski definition) is 1. The van der Waals surface area contributed by atoms with Crippen molar-refractivity contribution >= 4 is 5.82 Å². The molecule has 2 heterocycles. The van der Waals surface area contributed by atoms with E-state index in [4.69, 9.17) is 9.97 Å². The molecule has 1 N–H and O–H groups in total. The van der Waals surface area contributed by atoms with Gasteiger partial charge in [0.15, 0.2) is 5.82 Å². The smallest absolute Gasteiger partial charge is 0.180 e. The molecule has 0 saturated heterocycles. The second-order valence-corrected chi connectivity index (χ2v) is 5.55. The minimum atomic E-state index is 0.397. The SMILES string of the molecule is CCCn1cncc1-c1nc(C)c(C(C)C)c(NCC)n1. The first-order valence-corrected chi connectivity index (χ1v) is 7.71. The summed E-state index contributed by atoms with van der Waals surface area (Å²) in [6.07, 6.45) is 4.75. The Labute approximate surface area is 126 Å². The molecule has 0 fully saturated rings. The van der Waals surface area contributed by atoms with Gasteiger partial charge in [-0.15, -0.1) is 0 Å². The van der Waals surface area contributed by atoms with E-state index in [1.54, 1.807) is 0 Å². The van der Waals surface area contributed by atoms with Crippen molar-refractivity contribution in [1.82, 2.24) is 19.5 Å². The Kier molecular flexibility index (Phi) is 4.94. The molecule has 0 atom stereocenters. The molecule has 0 amide bonds. The fraction of sp³-hybridized carbons (Fsp3) is 0.562. The van der Waals surface area contributed by atoms with Crippen LogP contribution in [0.1, 0.15) is 51.3 Å². The van der Waals surface area contributed by atoms with Gasteiger partial charge in [0.25, 0.3) is 0 Å². The maximum atomic E-state index is 4.75. The van der Waals surface area contributed by atoms with Gasteiger partial charge >= 0.3 is 0 Å². The zero-order valence-electron chi connectivity index (χ0n) is 13.6. The minimum Gasteiger partial charge on any atom is -0.370 e. The van der Waals surface area contributed by atoms with Gasteiger partial charge in [-0.3, -0.25) is 0 Å². The van der Waals surface area contributed by atoms with Gasteiger partial charge in [0.1, 0.15) is 11.5 Å². The third kappa shape index (κ3) is 3.23. The third-order valence-electron chi connectivity index (χ3n) is 3.46. The van der Waals surface area contributed by atoms with Crippen LogP contribution in [-0.4, -0.2) is 26.1 Å². The van der Waals surface area contributed by atoms with Gasteiger partial charge < -0.3 is 9.88 Å². The van der Waals surface area contributed by atoms with Crippen LogP contribution in [0.5, 0.6) is 0 Å². The summed E-state index contributed by atoms with van der Waals surface area (Å²) in [5.74, 6) is 2.09. The lowest BCUT2D eigenvalue weighted by Crippen LogP contribution is -2.10. The van der Waals surface area contributed by atoms with E-state index in [1.807, 2.05) is 12.5 Å². The molecule has 2 rings (SSSR count). The Balaban J connectivity index is 2.52. The van der Waals surface area contributed by atoms with E-state index >= 15 is 0 Å². The van der Waals surface area contributed by atoms with Gasteiger partial charge in [-0.1, -0.05) is 20.8 Å². The number of aryl methyl sites for hydroxylation is 2. The zero-order chi connectivity index (χ0) is 15.4. The molecule has 21 heavy (non-hydrogen) atoms.